The molecule has 5 heterocycles. The maximum Gasteiger partial charge on any atom is 0.364 e. The summed E-state index contributed by atoms with van der Waals surface area (Å²) in [4.78, 5) is 52.9. The third-order valence-corrected chi connectivity index (χ3v) is 19.6. The van der Waals surface area contributed by atoms with Gasteiger partial charge in [-0.05, 0) is 19.3 Å². The average Bonchev–Trinajstić information content (AvgIpc) is 0.747. The van der Waals surface area contributed by atoms with Gasteiger partial charge < -0.3 is 150 Å². The number of aliphatic hydroxyl groups excluding tert-OH is 16. The van der Waals surface area contributed by atoms with Crippen LogP contribution in [0.1, 0.15) is 188 Å². The van der Waals surface area contributed by atoms with Crippen molar-refractivity contribution < 1.29 is 153 Å². The lowest BCUT2D eigenvalue weighted by Gasteiger charge is -2.52. The Morgan fingerprint density at radius 3 is 1.50 bits per heavy atom. The molecule has 0 aliphatic carbocycles. The molecular weight excluding hydrogens is 1370 g/mol. The highest BCUT2D eigenvalue weighted by Gasteiger charge is 2.62. The molecule has 600 valence electrons. The van der Waals surface area contributed by atoms with Crippen LogP contribution < -0.4 is 16.0 Å². The van der Waals surface area contributed by atoms with Crippen molar-refractivity contribution >= 4 is 23.7 Å². The highest BCUT2D eigenvalue weighted by Crippen LogP contribution is 2.41. The lowest BCUT2D eigenvalue weighted by molar-refractivity contribution is -0.403. The van der Waals surface area contributed by atoms with E-state index in [0.29, 0.717) is 12.8 Å². The number of hydrogen-bond acceptors (Lipinski definition) is 30. The van der Waals surface area contributed by atoms with Crippen molar-refractivity contribution in [2.45, 2.75) is 359 Å². The highest BCUT2D eigenvalue weighted by atomic mass is 16.8. The molecular formula is C69H123N3O31. The molecule has 28 atom stereocenters. The molecule has 5 rings (SSSR count). The van der Waals surface area contributed by atoms with Gasteiger partial charge in [-0.2, -0.15) is 0 Å². The van der Waals surface area contributed by atoms with Gasteiger partial charge in [0.25, 0.3) is 5.79 Å². The third-order valence-electron chi connectivity index (χ3n) is 19.6. The van der Waals surface area contributed by atoms with E-state index in [4.69, 9.17) is 47.4 Å². The molecule has 0 aromatic carbocycles. The topological polar surface area (TPSA) is 541 Å². The summed E-state index contributed by atoms with van der Waals surface area (Å²) in [6, 6.07) is -4.80. The molecule has 5 aliphatic heterocycles. The lowest BCUT2D eigenvalue weighted by atomic mass is 9.88. The van der Waals surface area contributed by atoms with Crippen LogP contribution in [0, 0.1) is 0 Å². The SMILES string of the molecule is CCCCCCCCCCCCC/C=C/[C@@H](O)[C@H](CO[C@@H]1OC(CO)[C@@H](O[C@@H]2OC(CO)[C@H](O[C@@H]3OC(CO)[C@H](O)[C@H](O[C@@H]4OC(CO)[C@H](O)[C@H](O)C4O)C3NC(C)=O)[C@H](O[C@]3(C(=O)O)CC(O)[C@@H](NC(C)=O)C([C@H](O)[C@H](O)CO)O3)C2O)[C@H](O)C1O)NC(=O)CCCCCCCCCCCCC. The molecule has 3 amide bonds. The molecule has 0 aromatic rings. The van der Waals surface area contributed by atoms with E-state index >= 15 is 0 Å². The van der Waals surface area contributed by atoms with E-state index in [9.17, 15) is 106 Å². The fourth-order valence-electron chi connectivity index (χ4n) is 13.6. The first kappa shape index (κ1) is 90.2. The summed E-state index contributed by atoms with van der Waals surface area (Å²) in [7, 11) is 0. The van der Waals surface area contributed by atoms with Gasteiger partial charge in [0, 0.05) is 26.7 Å². The number of aliphatic carboxylic acids is 1. The number of carbonyl (C=O) groups excluding carboxylic acids is 3. The smallest absolute Gasteiger partial charge is 0.364 e. The minimum Gasteiger partial charge on any atom is -0.477 e. The summed E-state index contributed by atoms with van der Waals surface area (Å²) in [5.74, 6) is -7.71. The van der Waals surface area contributed by atoms with Gasteiger partial charge >= 0.3 is 5.97 Å². The van der Waals surface area contributed by atoms with Crippen molar-refractivity contribution in [2.24, 2.45) is 0 Å². The minimum absolute atomic E-state index is 0.133. The number of ether oxygens (including phenoxy) is 10. The first-order chi connectivity index (χ1) is 49.3. The molecule has 34 heteroatoms. The van der Waals surface area contributed by atoms with Crippen LogP contribution in [0.15, 0.2) is 12.2 Å². The minimum atomic E-state index is -3.38. The normalized spacial score (nSPS) is 35.5. The van der Waals surface area contributed by atoms with Crippen LogP contribution >= 0.6 is 0 Å². The second kappa shape index (κ2) is 46.8. The predicted octanol–water partition coefficient (Wildman–Crippen LogP) is -2.60. The monoisotopic (exact) mass is 1490 g/mol. The van der Waals surface area contributed by atoms with Crippen LogP contribution in [-0.4, -0.2) is 321 Å². The van der Waals surface area contributed by atoms with Crippen molar-refractivity contribution in [1.82, 2.24) is 16.0 Å². The van der Waals surface area contributed by atoms with Crippen molar-refractivity contribution in [1.29, 1.82) is 0 Å². The molecule has 0 bridgehead atoms. The quantitative estimate of drug-likeness (QED) is 0.0219. The highest BCUT2D eigenvalue weighted by molar-refractivity contribution is 5.77. The number of hydrogen-bond donors (Lipinski definition) is 20. The molecule has 34 nitrogen and oxygen atoms in total. The molecule has 0 saturated carbocycles. The average molecular weight is 1490 g/mol. The Kier molecular flexibility index (Phi) is 41.0. The van der Waals surface area contributed by atoms with Gasteiger partial charge in [-0.25, -0.2) is 4.79 Å². The summed E-state index contributed by atoms with van der Waals surface area (Å²) in [5.41, 5.74) is 0. The van der Waals surface area contributed by atoms with E-state index in [1.807, 2.05) is 6.08 Å². The van der Waals surface area contributed by atoms with E-state index in [0.717, 1.165) is 71.6 Å². The van der Waals surface area contributed by atoms with Crippen LogP contribution in [0.25, 0.3) is 0 Å². The lowest BCUT2D eigenvalue weighted by Crippen LogP contribution is -2.72. The maximum atomic E-state index is 13.8. The van der Waals surface area contributed by atoms with Crippen LogP contribution in [0.3, 0.4) is 0 Å². The number of allylic oxidation sites excluding steroid dienone is 1. The fraction of sp³-hybridized carbons (Fsp3) is 0.913. The Labute approximate surface area is 602 Å². The molecule has 5 fully saturated rings. The fourth-order valence-corrected chi connectivity index (χ4v) is 13.6. The largest absolute Gasteiger partial charge is 0.477 e. The first-order valence-corrected chi connectivity index (χ1v) is 37.1. The Hall–Kier alpha value is -3.42. The van der Waals surface area contributed by atoms with Gasteiger partial charge in [0.05, 0.1) is 63.9 Å². The second-order valence-electron chi connectivity index (χ2n) is 27.9. The summed E-state index contributed by atoms with van der Waals surface area (Å²) in [6.07, 6.45) is -22.1. The summed E-state index contributed by atoms with van der Waals surface area (Å²) >= 11 is 0. The van der Waals surface area contributed by atoms with Gasteiger partial charge in [0.2, 0.25) is 17.7 Å². The summed E-state index contributed by atoms with van der Waals surface area (Å²) in [5, 5.41) is 196. The van der Waals surface area contributed by atoms with Crippen LogP contribution in [0.4, 0.5) is 0 Å². The number of amides is 3. The zero-order chi connectivity index (χ0) is 75.9. The Balaban J connectivity index is 1.43. The van der Waals surface area contributed by atoms with E-state index in [-0.39, 0.29) is 12.3 Å². The number of rotatable bonds is 48. The second-order valence-corrected chi connectivity index (χ2v) is 27.9. The van der Waals surface area contributed by atoms with Crippen LogP contribution in [0.2, 0.25) is 0 Å². The Morgan fingerprint density at radius 2 is 0.961 bits per heavy atom. The summed E-state index contributed by atoms with van der Waals surface area (Å²) < 4.78 is 60.0. The Morgan fingerprint density at radius 1 is 0.505 bits per heavy atom. The molecule has 103 heavy (non-hydrogen) atoms. The number of unbranched alkanes of at least 4 members (excludes halogenated alkanes) is 21. The van der Waals surface area contributed by atoms with Crippen LogP contribution in [-0.2, 0) is 66.5 Å². The third kappa shape index (κ3) is 27.0. The Bertz CT molecular complexity index is 2430. The number of carbonyl (C=O) groups is 4. The summed E-state index contributed by atoms with van der Waals surface area (Å²) in [6.45, 7) is 0.275. The number of carboxylic acid groups (broad SMARTS) is 1. The number of aliphatic hydroxyl groups is 16. The van der Waals surface area contributed by atoms with Gasteiger partial charge in [0.1, 0.15) is 116 Å². The molecule has 20 N–H and O–H groups in total. The molecule has 0 spiro atoms. The van der Waals surface area contributed by atoms with E-state index < -0.39 is 235 Å². The van der Waals surface area contributed by atoms with Gasteiger partial charge in [-0.3, -0.25) is 14.4 Å². The maximum absolute atomic E-state index is 13.8. The first-order valence-electron chi connectivity index (χ1n) is 37.1. The van der Waals surface area contributed by atoms with Crippen molar-refractivity contribution in [3.05, 3.63) is 12.2 Å². The molecule has 0 radical (unpaired) electrons. The predicted molar refractivity (Wildman–Crippen MR) is 360 cm³/mol. The molecule has 10 unspecified atom stereocenters. The molecule has 5 saturated heterocycles. The van der Waals surface area contributed by atoms with Gasteiger partial charge in [0.15, 0.2) is 25.2 Å². The van der Waals surface area contributed by atoms with Crippen molar-refractivity contribution in [3.63, 3.8) is 0 Å². The number of nitrogens with one attached hydrogen (secondary N) is 3. The zero-order valence-corrected chi connectivity index (χ0v) is 60.0. The number of carboxylic acids is 1. The van der Waals surface area contributed by atoms with E-state index in [1.165, 1.54) is 83.1 Å². The van der Waals surface area contributed by atoms with Crippen LogP contribution in [0.5, 0.6) is 0 Å². The standard InChI is InChI=1S/C69H123N3O31/c1-5-7-9-11-13-15-17-18-20-21-23-25-27-29-41(80)40(72-48(83)30-28-26-24-22-19-16-14-12-10-8-6-2)37-94-65-57(90)55(88)59(46(35-76)97-65)99-67-58(91)63(103-69(68(92)93)31-42(81)49(70-38(3)78)62(102-69)51(84)43(82)32-73)60(47(36-77)98-67)100-64-50(71-39(4)79)61(53(86)45(34-75)95-64)101-66-56(89)54(87)52(85)44(33-74)96-66/h27,29,40-47,49-67,73-77,80-82,84-91H,5-26,28,30-37H2,1-4H3,(H,70,78)(H,71,79)(H,72,83)(H,92,93)/b29-27+/t40-,41+,42?,43+,44?,45?,46?,47?,49+,50?,51+,52-,53-,54-,55+,56?,57?,58?,59+,60-,61+,62?,63+,64-,65+,66-,67-,69-/m0/s1. The van der Waals surface area contributed by atoms with E-state index in [2.05, 4.69) is 29.8 Å². The van der Waals surface area contributed by atoms with Gasteiger partial charge in [-0.15, -0.1) is 0 Å². The molecule has 0 aromatic heterocycles. The van der Waals surface area contributed by atoms with Crippen molar-refractivity contribution in [3.8, 4) is 0 Å². The molecule has 5 aliphatic rings. The zero-order valence-electron chi connectivity index (χ0n) is 60.0. The van der Waals surface area contributed by atoms with E-state index in [1.54, 1.807) is 0 Å². The van der Waals surface area contributed by atoms with Gasteiger partial charge in [-0.1, -0.05) is 154 Å². The van der Waals surface area contributed by atoms with Crippen molar-refractivity contribution in [2.75, 3.05) is 39.6 Å².